The molecule has 162 valence electrons. The fraction of sp³-hybridized carbons (Fsp3) is 0.154. The maximum atomic E-state index is 13.1. The summed E-state index contributed by atoms with van der Waals surface area (Å²) in [6, 6.07) is 24.2. The van der Waals surface area contributed by atoms with Crippen LogP contribution in [0.15, 0.2) is 84.2 Å². The first-order chi connectivity index (χ1) is 15.4. The highest BCUT2D eigenvalue weighted by Gasteiger charge is 2.22. The fourth-order valence-corrected chi connectivity index (χ4v) is 4.11. The number of anilines is 1. The largest absolute Gasteiger partial charge is 0.484 e. The normalized spacial score (nSPS) is 11.2. The zero-order valence-electron chi connectivity index (χ0n) is 17.8. The maximum absolute atomic E-state index is 13.1. The van der Waals surface area contributed by atoms with Crippen LogP contribution in [0, 0.1) is 5.82 Å². The Morgan fingerprint density at radius 2 is 1.62 bits per heavy atom. The number of hydrogen-bond acceptors (Lipinski definition) is 4. The van der Waals surface area contributed by atoms with Crippen molar-refractivity contribution in [1.82, 2.24) is 4.98 Å². The third-order valence-corrected chi connectivity index (χ3v) is 6.09. The molecule has 0 saturated heterocycles. The molecule has 0 radical (unpaired) electrons. The Hall–Kier alpha value is -3.51. The van der Waals surface area contributed by atoms with Crippen LogP contribution < -0.4 is 10.1 Å². The van der Waals surface area contributed by atoms with Crippen molar-refractivity contribution in [3.8, 4) is 17.0 Å². The van der Waals surface area contributed by atoms with Crippen molar-refractivity contribution in [2.75, 3.05) is 11.9 Å². The molecule has 4 nitrogen and oxygen atoms in total. The Labute approximate surface area is 190 Å². The van der Waals surface area contributed by atoms with Gasteiger partial charge in [0.25, 0.3) is 5.91 Å². The number of benzene rings is 3. The van der Waals surface area contributed by atoms with E-state index in [1.165, 1.54) is 29.0 Å². The lowest BCUT2D eigenvalue weighted by Gasteiger charge is -2.26. The molecule has 6 heteroatoms. The topological polar surface area (TPSA) is 51.2 Å². The van der Waals surface area contributed by atoms with Gasteiger partial charge in [-0.3, -0.25) is 10.1 Å². The van der Waals surface area contributed by atoms with Gasteiger partial charge in [-0.15, -0.1) is 11.3 Å². The van der Waals surface area contributed by atoms with Gasteiger partial charge >= 0.3 is 0 Å². The average Bonchev–Trinajstić information content (AvgIpc) is 3.27. The van der Waals surface area contributed by atoms with Gasteiger partial charge in [0, 0.05) is 16.4 Å². The first-order valence-electron chi connectivity index (χ1n) is 10.2. The highest BCUT2D eigenvalue weighted by molar-refractivity contribution is 7.14. The summed E-state index contributed by atoms with van der Waals surface area (Å²) in [5.41, 5.74) is 3.73. The Balaban J connectivity index is 1.33. The first-order valence-corrected chi connectivity index (χ1v) is 11.1. The molecule has 4 rings (SSSR count). The molecule has 0 aliphatic carbocycles. The summed E-state index contributed by atoms with van der Waals surface area (Å²) < 4.78 is 18.7. The smallest absolute Gasteiger partial charge is 0.264 e. The molecule has 0 bridgehead atoms. The molecule has 0 aliphatic rings. The highest BCUT2D eigenvalue weighted by Crippen LogP contribution is 2.32. The van der Waals surface area contributed by atoms with Crippen LogP contribution in [0.4, 0.5) is 9.52 Å². The number of nitrogens with one attached hydrogen (secondary N) is 1. The molecule has 1 heterocycles. The van der Waals surface area contributed by atoms with Gasteiger partial charge in [-0.05, 0) is 47.5 Å². The molecule has 1 amide bonds. The summed E-state index contributed by atoms with van der Waals surface area (Å²) in [6.45, 7) is 4.24. The zero-order chi connectivity index (χ0) is 22.6. The quantitative estimate of drug-likeness (QED) is 0.363. The summed E-state index contributed by atoms with van der Waals surface area (Å²) in [7, 11) is 0. The number of carbonyl (C=O) groups is 1. The molecule has 1 aromatic heterocycles. The van der Waals surface area contributed by atoms with E-state index in [2.05, 4.69) is 36.3 Å². The molecule has 0 aliphatic heterocycles. The van der Waals surface area contributed by atoms with Crippen LogP contribution in [0.3, 0.4) is 0 Å². The van der Waals surface area contributed by atoms with Gasteiger partial charge in [0.05, 0.1) is 5.69 Å². The van der Waals surface area contributed by atoms with Crippen molar-refractivity contribution in [3.63, 3.8) is 0 Å². The predicted molar refractivity (Wildman–Crippen MR) is 127 cm³/mol. The summed E-state index contributed by atoms with van der Waals surface area (Å²) in [4.78, 5) is 16.6. The van der Waals surface area contributed by atoms with E-state index in [1.807, 2.05) is 47.8 Å². The number of amides is 1. The fourth-order valence-electron chi connectivity index (χ4n) is 3.38. The molecule has 0 unspecified atom stereocenters. The molecule has 4 aromatic rings. The number of halogens is 1. The summed E-state index contributed by atoms with van der Waals surface area (Å²) >= 11 is 1.31. The number of hydrogen-bond donors (Lipinski definition) is 1. The van der Waals surface area contributed by atoms with E-state index in [0.29, 0.717) is 16.6 Å². The lowest BCUT2D eigenvalue weighted by molar-refractivity contribution is -0.118. The number of nitrogens with zero attached hydrogens (tertiary/aromatic N) is 1. The Kier molecular flexibility index (Phi) is 6.32. The van der Waals surface area contributed by atoms with Gasteiger partial charge in [-0.1, -0.05) is 56.3 Å². The molecule has 1 N–H and O–H groups in total. The van der Waals surface area contributed by atoms with Gasteiger partial charge in [0.2, 0.25) is 0 Å². The highest BCUT2D eigenvalue weighted by atomic mass is 32.1. The minimum Gasteiger partial charge on any atom is -0.484 e. The van der Waals surface area contributed by atoms with E-state index in [0.717, 1.165) is 11.1 Å². The summed E-state index contributed by atoms with van der Waals surface area (Å²) in [5.74, 6) is 0.0314. The van der Waals surface area contributed by atoms with Crippen LogP contribution in [0.5, 0.6) is 5.75 Å². The SMILES string of the molecule is CC(C)(c1ccccc1)c1ccc(OCC(=O)Nc2nc(-c3ccc(F)cc3)cs2)cc1. The maximum Gasteiger partial charge on any atom is 0.264 e. The van der Waals surface area contributed by atoms with E-state index < -0.39 is 0 Å². The van der Waals surface area contributed by atoms with Crippen molar-refractivity contribution in [2.45, 2.75) is 19.3 Å². The van der Waals surface area contributed by atoms with E-state index >= 15 is 0 Å². The van der Waals surface area contributed by atoms with Crippen molar-refractivity contribution >= 4 is 22.4 Å². The van der Waals surface area contributed by atoms with Gasteiger partial charge in [0.15, 0.2) is 11.7 Å². The van der Waals surface area contributed by atoms with E-state index in [4.69, 9.17) is 4.74 Å². The number of rotatable bonds is 7. The number of ether oxygens (including phenoxy) is 1. The Morgan fingerprint density at radius 3 is 2.31 bits per heavy atom. The zero-order valence-corrected chi connectivity index (χ0v) is 18.7. The third-order valence-electron chi connectivity index (χ3n) is 5.33. The minimum absolute atomic E-state index is 0.118. The standard InChI is InChI=1S/C26H23FN2O2S/c1-26(2,19-6-4-3-5-7-19)20-10-14-22(15-11-20)31-16-24(30)29-25-28-23(17-32-25)18-8-12-21(27)13-9-18/h3-15,17H,16H2,1-2H3,(H,28,29,30). The van der Waals surface area contributed by atoms with Gasteiger partial charge in [0.1, 0.15) is 11.6 Å². The van der Waals surface area contributed by atoms with Gasteiger partial charge in [-0.2, -0.15) is 0 Å². The first kappa shape index (κ1) is 21.7. The molecule has 3 aromatic carbocycles. The monoisotopic (exact) mass is 446 g/mol. The Bertz CT molecular complexity index is 1190. The number of carbonyl (C=O) groups excluding carboxylic acids is 1. The summed E-state index contributed by atoms with van der Waals surface area (Å²) in [6.07, 6.45) is 0. The molecule has 0 spiro atoms. The summed E-state index contributed by atoms with van der Waals surface area (Å²) in [5, 5.41) is 5.03. The van der Waals surface area contributed by atoms with Crippen LogP contribution >= 0.6 is 11.3 Å². The van der Waals surface area contributed by atoms with Crippen molar-refractivity contribution < 1.29 is 13.9 Å². The molecule has 0 atom stereocenters. The molecule has 0 fully saturated rings. The lowest BCUT2D eigenvalue weighted by Crippen LogP contribution is -2.20. The van der Waals surface area contributed by atoms with Crippen molar-refractivity contribution in [3.05, 3.63) is 101 Å². The molecular formula is C26H23FN2O2S. The minimum atomic E-state index is -0.300. The van der Waals surface area contributed by atoms with E-state index in [9.17, 15) is 9.18 Å². The van der Waals surface area contributed by atoms with Crippen LogP contribution in [0.2, 0.25) is 0 Å². The van der Waals surface area contributed by atoms with Crippen molar-refractivity contribution in [1.29, 1.82) is 0 Å². The van der Waals surface area contributed by atoms with Crippen LogP contribution in [0.25, 0.3) is 11.3 Å². The van der Waals surface area contributed by atoms with Crippen LogP contribution in [-0.2, 0) is 10.2 Å². The average molecular weight is 447 g/mol. The second kappa shape index (κ2) is 9.32. The van der Waals surface area contributed by atoms with Gasteiger partial charge < -0.3 is 4.74 Å². The number of aromatic nitrogens is 1. The molecule has 32 heavy (non-hydrogen) atoms. The van der Waals surface area contributed by atoms with E-state index in [1.54, 1.807) is 12.1 Å². The second-order valence-electron chi connectivity index (χ2n) is 7.90. The second-order valence-corrected chi connectivity index (χ2v) is 8.76. The van der Waals surface area contributed by atoms with Crippen LogP contribution in [-0.4, -0.2) is 17.5 Å². The lowest BCUT2D eigenvalue weighted by atomic mass is 9.78. The van der Waals surface area contributed by atoms with E-state index in [-0.39, 0.29) is 23.7 Å². The molecule has 0 saturated carbocycles. The third kappa shape index (κ3) is 5.03. The predicted octanol–water partition coefficient (Wildman–Crippen LogP) is 6.29. The molecular weight excluding hydrogens is 423 g/mol. The Morgan fingerprint density at radius 1 is 0.969 bits per heavy atom. The van der Waals surface area contributed by atoms with Crippen molar-refractivity contribution in [2.24, 2.45) is 0 Å². The van der Waals surface area contributed by atoms with Gasteiger partial charge in [-0.25, -0.2) is 9.37 Å². The van der Waals surface area contributed by atoms with Crippen LogP contribution in [0.1, 0.15) is 25.0 Å². The number of thiazole rings is 1.